The van der Waals surface area contributed by atoms with Gasteiger partial charge in [0.2, 0.25) is 15.9 Å². The number of hydrogen-bond acceptors (Lipinski definition) is 5. The van der Waals surface area contributed by atoms with Crippen molar-refractivity contribution >= 4 is 27.3 Å². The van der Waals surface area contributed by atoms with E-state index in [1.165, 1.54) is 30.5 Å². The van der Waals surface area contributed by atoms with Gasteiger partial charge in [-0.3, -0.25) is 9.78 Å². The summed E-state index contributed by atoms with van der Waals surface area (Å²) in [4.78, 5) is 15.8. The molecular weight excluding hydrogens is 292 g/mol. The molecule has 0 saturated carbocycles. The zero-order chi connectivity index (χ0) is 15.5. The van der Waals surface area contributed by atoms with Gasteiger partial charge >= 0.3 is 0 Å². The summed E-state index contributed by atoms with van der Waals surface area (Å²) in [7, 11) is -3.74. The lowest BCUT2D eigenvalue weighted by Crippen LogP contribution is -2.16. The molecule has 5 N–H and O–H groups in total. The molecule has 0 saturated heterocycles. The van der Waals surface area contributed by atoms with Gasteiger partial charge in [-0.1, -0.05) is 0 Å². The maximum Gasteiger partial charge on any atom is 0.238 e. The average Bonchev–Trinajstić information content (AvgIpc) is 2.41. The highest BCUT2D eigenvalue weighted by Crippen LogP contribution is 2.13. The first kappa shape index (κ1) is 14.9. The lowest BCUT2D eigenvalue weighted by Gasteiger charge is -2.06. The third-order valence-electron chi connectivity index (χ3n) is 2.66. The molecule has 0 spiro atoms. The number of rotatable bonds is 4. The van der Waals surface area contributed by atoms with Crippen molar-refractivity contribution in [1.82, 2.24) is 4.98 Å². The third kappa shape index (κ3) is 4.26. The van der Waals surface area contributed by atoms with Crippen LogP contribution < -0.4 is 16.2 Å². The van der Waals surface area contributed by atoms with Crippen LogP contribution in [0.3, 0.4) is 0 Å². The fraction of sp³-hybridized carbons (Fsp3) is 0.0769. The number of nitrogen functional groups attached to an aromatic ring is 1. The van der Waals surface area contributed by atoms with Crippen LogP contribution in [0.5, 0.6) is 0 Å². The molecule has 1 amide bonds. The van der Waals surface area contributed by atoms with Gasteiger partial charge < -0.3 is 11.1 Å². The number of carbonyl (C=O) groups excluding carboxylic acids is 1. The van der Waals surface area contributed by atoms with Crippen LogP contribution in [0.1, 0.15) is 5.69 Å². The van der Waals surface area contributed by atoms with E-state index in [1.54, 1.807) is 12.1 Å². The smallest absolute Gasteiger partial charge is 0.238 e. The highest BCUT2D eigenvalue weighted by atomic mass is 32.2. The predicted molar refractivity (Wildman–Crippen MR) is 78.8 cm³/mol. The van der Waals surface area contributed by atoms with Crippen molar-refractivity contribution in [3.8, 4) is 0 Å². The number of primary sulfonamides is 1. The van der Waals surface area contributed by atoms with E-state index in [0.29, 0.717) is 17.1 Å². The topological polar surface area (TPSA) is 128 Å². The Kier molecular flexibility index (Phi) is 4.20. The van der Waals surface area contributed by atoms with Gasteiger partial charge in [-0.25, -0.2) is 13.6 Å². The first-order valence-electron chi connectivity index (χ1n) is 5.98. The molecule has 0 fully saturated rings. The number of anilines is 2. The lowest BCUT2D eigenvalue weighted by atomic mass is 10.2. The van der Waals surface area contributed by atoms with E-state index in [9.17, 15) is 13.2 Å². The van der Waals surface area contributed by atoms with Crippen molar-refractivity contribution < 1.29 is 13.2 Å². The predicted octanol–water partition coefficient (Wildman–Crippen LogP) is 0.492. The van der Waals surface area contributed by atoms with E-state index >= 15 is 0 Å². The molecule has 0 bridgehead atoms. The standard InChI is InChI=1S/C13H14N4O3S/c14-9-1-2-11(16-8-9)7-13(18)17-10-3-5-12(6-4-10)21(15,19)20/h1-6,8H,7,14H2,(H,17,18)(H2,15,19,20). The molecule has 1 aromatic carbocycles. The number of pyridine rings is 1. The van der Waals surface area contributed by atoms with Gasteiger partial charge in [0.25, 0.3) is 0 Å². The number of sulfonamides is 1. The Morgan fingerprint density at radius 3 is 2.33 bits per heavy atom. The highest BCUT2D eigenvalue weighted by Gasteiger charge is 2.08. The number of nitrogens with zero attached hydrogens (tertiary/aromatic N) is 1. The molecule has 2 rings (SSSR count). The molecule has 1 aromatic heterocycles. The third-order valence-corrected chi connectivity index (χ3v) is 3.59. The number of carbonyl (C=O) groups is 1. The second kappa shape index (κ2) is 5.90. The fourth-order valence-electron chi connectivity index (χ4n) is 1.64. The van der Waals surface area contributed by atoms with Crippen molar-refractivity contribution in [3.05, 3.63) is 48.3 Å². The van der Waals surface area contributed by atoms with Gasteiger partial charge in [0.1, 0.15) is 0 Å². The molecule has 8 heteroatoms. The summed E-state index contributed by atoms with van der Waals surface area (Å²) < 4.78 is 22.2. The number of benzene rings is 1. The minimum absolute atomic E-state index is 0.0132. The monoisotopic (exact) mass is 306 g/mol. The fourth-order valence-corrected chi connectivity index (χ4v) is 2.15. The van der Waals surface area contributed by atoms with E-state index in [-0.39, 0.29) is 17.2 Å². The summed E-state index contributed by atoms with van der Waals surface area (Å²) in [6.45, 7) is 0. The SMILES string of the molecule is Nc1ccc(CC(=O)Nc2ccc(S(N)(=O)=O)cc2)nc1. The van der Waals surface area contributed by atoms with Gasteiger partial charge in [-0.15, -0.1) is 0 Å². The summed E-state index contributed by atoms with van der Waals surface area (Å²) in [5.41, 5.74) is 7.09. The molecule has 0 atom stereocenters. The van der Waals surface area contributed by atoms with Crippen molar-refractivity contribution in [3.63, 3.8) is 0 Å². The van der Waals surface area contributed by atoms with E-state index in [1.807, 2.05) is 0 Å². The van der Waals surface area contributed by atoms with Crippen LogP contribution in [0.15, 0.2) is 47.5 Å². The Morgan fingerprint density at radius 1 is 1.14 bits per heavy atom. The summed E-state index contributed by atoms with van der Waals surface area (Å²) in [6, 6.07) is 8.91. The maximum atomic E-state index is 11.8. The van der Waals surface area contributed by atoms with E-state index in [4.69, 9.17) is 10.9 Å². The van der Waals surface area contributed by atoms with Gasteiger partial charge in [0, 0.05) is 11.4 Å². The number of aromatic nitrogens is 1. The van der Waals surface area contributed by atoms with Crippen molar-refractivity contribution in [2.24, 2.45) is 5.14 Å². The molecular formula is C13H14N4O3S. The number of hydrogen-bond donors (Lipinski definition) is 3. The second-order valence-electron chi connectivity index (χ2n) is 4.38. The van der Waals surface area contributed by atoms with Crippen LogP contribution in [0.4, 0.5) is 11.4 Å². The molecule has 2 aromatic rings. The maximum absolute atomic E-state index is 11.8. The quantitative estimate of drug-likeness (QED) is 0.757. The molecule has 0 aliphatic carbocycles. The van der Waals surface area contributed by atoms with E-state index in [2.05, 4.69) is 10.3 Å². The first-order valence-corrected chi connectivity index (χ1v) is 7.52. The molecule has 21 heavy (non-hydrogen) atoms. The van der Waals surface area contributed by atoms with Crippen LogP contribution >= 0.6 is 0 Å². The molecule has 7 nitrogen and oxygen atoms in total. The van der Waals surface area contributed by atoms with Gasteiger partial charge in [0.15, 0.2) is 0 Å². The number of nitrogens with two attached hydrogens (primary N) is 2. The number of amides is 1. The Balaban J connectivity index is 2.01. The Labute approximate surface area is 122 Å². The van der Waals surface area contributed by atoms with Crippen molar-refractivity contribution in [2.75, 3.05) is 11.1 Å². The summed E-state index contributed by atoms with van der Waals surface area (Å²) in [6.07, 6.45) is 1.57. The highest BCUT2D eigenvalue weighted by molar-refractivity contribution is 7.89. The summed E-state index contributed by atoms with van der Waals surface area (Å²) in [5, 5.41) is 7.63. The van der Waals surface area contributed by atoms with Crippen molar-refractivity contribution in [1.29, 1.82) is 0 Å². The Bertz CT molecular complexity index is 740. The molecule has 0 aliphatic heterocycles. The van der Waals surface area contributed by atoms with Crippen LogP contribution in [-0.2, 0) is 21.2 Å². The largest absolute Gasteiger partial charge is 0.397 e. The Morgan fingerprint density at radius 2 is 1.81 bits per heavy atom. The second-order valence-corrected chi connectivity index (χ2v) is 5.94. The summed E-state index contributed by atoms with van der Waals surface area (Å²) in [5.74, 6) is -0.268. The molecule has 0 radical (unpaired) electrons. The minimum atomic E-state index is -3.74. The van der Waals surface area contributed by atoms with Crippen LogP contribution in [-0.4, -0.2) is 19.3 Å². The number of nitrogens with one attached hydrogen (secondary N) is 1. The molecule has 0 unspecified atom stereocenters. The van der Waals surface area contributed by atoms with Crippen LogP contribution in [0.2, 0.25) is 0 Å². The normalized spacial score (nSPS) is 11.1. The Hall–Kier alpha value is -2.45. The lowest BCUT2D eigenvalue weighted by molar-refractivity contribution is -0.115. The summed E-state index contributed by atoms with van der Waals surface area (Å²) >= 11 is 0. The van der Waals surface area contributed by atoms with Gasteiger partial charge in [-0.2, -0.15) is 0 Å². The van der Waals surface area contributed by atoms with E-state index in [0.717, 1.165) is 0 Å². The molecule has 1 heterocycles. The van der Waals surface area contributed by atoms with E-state index < -0.39 is 10.0 Å². The first-order chi connectivity index (χ1) is 9.84. The molecule has 110 valence electrons. The van der Waals surface area contributed by atoms with Crippen molar-refractivity contribution in [2.45, 2.75) is 11.3 Å². The zero-order valence-corrected chi connectivity index (χ0v) is 11.8. The zero-order valence-electron chi connectivity index (χ0n) is 11.0. The van der Waals surface area contributed by atoms with Crippen LogP contribution in [0.25, 0.3) is 0 Å². The van der Waals surface area contributed by atoms with Gasteiger partial charge in [-0.05, 0) is 36.4 Å². The molecule has 0 aliphatic rings. The van der Waals surface area contributed by atoms with Gasteiger partial charge in [0.05, 0.1) is 23.2 Å². The minimum Gasteiger partial charge on any atom is -0.397 e. The average molecular weight is 306 g/mol. The van der Waals surface area contributed by atoms with Crippen LogP contribution in [0, 0.1) is 0 Å².